The van der Waals surface area contributed by atoms with Crippen molar-refractivity contribution in [1.82, 2.24) is 15.2 Å². The van der Waals surface area contributed by atoms with Gasteiger partial charge in [0.25, 0.3) is 5.91 Å². The molecule has 7 nitrogen and oxygen atoms in total. The van der Waals surface area contributed by atoms with Gasteiger partial charge >= 0.3 is 0 Å². The lowest BCUT2D eigenvalue weighted by molar-refractivity contribution is 0.100. The van der Waals surface area contributed by atoms with Gasteiger partial charge in [-0.1, -0.05) is 0 Å². The van der Waals surface area contributed by atoms with Crippen molar-refractivity contribution in [2.75, 3.05) is 25.9 Å². The van der Waals surface area contributed by atoms with Crippen LogP contribution in [0.15, 0.2) is 18.5 Å². The Hall–Kier alpha value is -2.41. The number of hydrogen-bond acceptors (Lipinski definition) is 6. The van der Waals surface area contributed by atoms with Crippen LogP contribution in [-0.2, 0) is 0 Å². The second-order valence-electron chi connectivity index (χ2n) is 5.51. The van der Waals surface area contributed by atoms with Crippen LogP contribution >= 0.6 is 0 Å². The smallest absolute Gasteiger partial charge is 0.252 e. The molecule has 0 unspecified atom stereocenters. The Morgan fingerprint density at radius 3 is 2.77 bits per heavy atom. The normalized spacial score (nSPS) is 17.2. The first-order valence-corrected chi connectivity index (χ1v) is 7.22. The van der Waals surface area contributed by atoms with E-state index in [1.165, 1.54) is 12.4 Å². The van der Waals surface area contributed by atoms with Gasteiger partial charge in [-0.05, 0) is 39.0 Å². The SMILES string of the molecule is CN1CCC(N/C=C(\C=N)c2cnc(N)c(C(N)=O)c2)CC1. The molecule has 1 saturated heterocycles. The maximum Gasteiger partial charge on any atom is 0.252 e. The Balaban J connectivity index is 2.14. The summed E-state index contributed by atoms with van der Waals surface area (Å²) in [5.41, 5.74) is 12.3. The fraction of sp³-hybridized carbons (Fsp3) is 0.400. The quantitative estimate of drug-likeness (QED) is 0.588. The molecule has 0 saturated carbocycles. The van der Waals surface area contributed by atoms with Crippen molar-refractivity contribution in [3.8, 4) is 0 Å². The van der Waals surface area contributed by atoms with E-state index in [0.717, 1.165) is 25.9 Å². The minimum absolute atomic E-state index is 0.101. The highest BCUT2D eigenvalue weighted by molar-refractivity contribution is 6.09. The monoisotopic (exact) mass is 302 g/mol. The minimum atomic E-state index is -0.626. The minimum Gasteiger partial charge on any atom is -0.388 e. The van der Waals surface area contributed by atoms with E-state index >= 15 is 0 Å². The van der Waals surface area contributed by atoms with Gasteiger partial charge in [0, 0.05) is 35.8 Å². The topological polar surface area (TPSA) is 121 Å². The summed E-state index contributed by atoms with van der Waals surface area (Å²) in [7, 11) is 2.11. The fourth-order valence-corrected chi connectivity index (χ4v) is 2.42. The third kappa shape index (κ3) is 3.82. The summed E-state index contributed by atoms with van der Waals surface area (Å²) >= 11 is 0. The van der Waals surface area contributed by atoms with Crippen LogP contribution in [0.3, 0.4) is 0 Å². The number of nitrogens with zero attached hydrogens (tertiary/aromatic N) is 2. The average Bonchev–Trinajstić information content (AvgIpc) is 2.50. The molecule has 2 rings (SSSR count). The van der Waals surface area contributed by atoms with Crippen LogP contribution in [0, 0.1) is 5.41 Å². The Labute approximate surface area is 129 Å². The second kappa shape index (κ2) is 7.04. The van der Waals surface area contributed by atoms with Crippen molar-refractivity contribution in [3.63, 3.8) is 0 Å². The predicted octanol–water partition coefficient (Wildman–Crippen LogP) is 0.437. The molecule has 22 heavy (non-hydrogen) atoms. The third-order valence-electron chi connectivity index (χ3n) is 3.87. The van der Waals surface area contributed by atoms with E-state index in [0.29, 0.717) is 17.2 Å². The Morgan fingerprint density at radius 1 is 1.50 bits per heavy atom. The first-order valence-electron chi connectivity index (χ1n) is 7.22. The number of nitrogens with one attached hydrogen (secondary N) is 2. The van der Waals surface area contributed by atoms with Crippen molar-refractivity contribution in [1.29, 1.82) is 5.41 Å². The van der Waals surface area contributed by atoms with Gasteiger partial charge in [0.05, 0.1) is 5.56 Å². The van der Waals surface area contributed by atoms with E-state index < -0.39 is 5.91 Å². The number of primary amides is 1. The number of nitrogens with two attached hydrogens (primary N) is 2. The summed E-state index contributed by atoms with van der Waals surface area (Å²) in [6.07, 6.45) is 6.67. The molecule has 1 fully saturated rings. The van der Waals surface area contributed by atoms with Gasteiger partial charge in [0.15, 0.2) is 0 Å². The molecule has 0 atom stereocenters. The van der Waals surface area contributed by atoms with Gasteiger partial charge in [-0.2, -0.15) is 0 Å². The van der Waals surface area contributed by atoms with Crippen molar-refractivity contribution < 1.29 is 4.79 Å². The molecule has 0 aromatic carbocycles. The van der Waals surface area contributed by atoms with E-state index in [4.69, 9.17) is 16.9 Å². The number of carbonyl (C=O) groups excluding carboxylic acids is 1. The second-order valence-corrected chi connectivity index (χ2v) is 5.51. The van der Waals surface area contributed by atoms with Gasteiger partial charge < -0.3 is 27.1 Å². The largest absolute Gasteiger partial charge is 0.388 e. The number of hydrogen-bond donors (Lipinski definition) is 4. The number of likely N-dealkylation sites (tertiary alicyclic amines) is 1. The molecule has 118 valence electrons. The lowest BCUT2D eigenvalue weighted by Crippen LogP contribution is -2.38. The van der Waals surface area contributed by atoms with Gasteiger partial charge in [0.1, 0.15) is 5.82 Å². The van der Waals surface area contributed by atoms with Crippen LogP contribution in [0.2, 0.25) is 0 Å². The fourth-order valence-electron chi connectivity index (χ4n) is 2.42. The van der Waals surface area contributed by atoms with Crippen LogP contribution in [-0.4, -0.2) is 48.2 Å². The van der Waals surface area contributed by atoms with Crippen molar-refractivity contribution in [3.05, 3.63) is 29.6 Å². The zero-order valence-corrected chi connectivity index (χ0v) is 12.7. The number of allylic oxidation sites excluding steroid dienone is 1. The van der Waals surface area contributed by atoms with Gasteiger partial charge in [0.2, 0.25) is 0 Å². The number of piperidine rings is 1. The molecule has 1 aliphatic heterocycles. The highest BCUT2D eigenvalue weighted by Gasteiger charge is 2.15. The van der Waals surface area contributed by atoms with Gasteiger partial charge in [-0.3, -0.25) is 4.79 Å². The number of amides is 1. The van der Waals surface area contributed by atoms with Crippen LogP contribution < -0.4 is 16.8 Å². The summed E-state index contributed by atoms with van der Waals surface area (Å²) in [4.78, 5) is 17.6. The van der Waals surface area contributed by atoms with E-state index in [1.54, 1.807) is 12.3 Å². The Bertz CT molecular complexity index is 590. The maximum atomic E-state index is 11.3. The Morgan fingerprint density at radius 2 is 2.18 bits per heavy atom. The molecule has 1 amide bonds. The molecular weight excluding hydrogens is 280 g/mol. The molecule has 7 heteroatoms. The lowest BCUT2D eigenvalue weighted by Gasteiger charge is -2.29. The number of pyridine rings is 1. The van der Waals surface area contributed by atoms with E-state index in [9.17, 15) is 4.79 Å². The zero-order chi connectivity index (χ0) is 16.1. The summed E-state index contributed by atoms with van der Waals surface area (Å²) in [6.45, 7) is 2.11. The molecule has 6 N–H and O–H groups in total. The molecular formula is C15H22N6O. The van der Waals surface area contributed by atoms with Crippen molar-refractivity contribution in [2.45, 2.75) is 18.9 Å². The molecule has 1 aromatic rings. The molecule has 0 aliphatic carbocycles. The highest BCUT2D eigenvalue weighted by Crippen LogP contribution is 2.17. The molecule has 2 heterocycles. The van der Waals surface area contributed by atoms with Crippen molar-refractivity contribution >= 4 is 23.5 Å². The maximum absolute atomic E-state index is 11.3. The highest BCUT2D eigenvalue weighted by atomic mass is 16.1. The molecule has 0 spiro atoms. The van der Waals surface area contributed by atoms with Gasteiger partial charge in [-0.15, -0.1) is 0 Å². The molecule has 0 bridgehead atoms. The first-order chi connectivity index (χ1) is 10.5. The standard InChI is InChI=1S/C15H22N6O/c1-21-4-2-12(3-5-21)19-9-11(7-16)10-6-13(15(18)22)14(17)20-8-10/h6-9,12,16,19H,2-5H2,1H3,(H2,17,20)(H2,18,22)/b11-9+,16-7?. The first kappa shape index (κ1) is 16.0. The van der Waals surface area contributed by atoms with Crippen molar-refractivity contribution in [2.24, 2.45) is 5.73 Å². The zero-order valence-electron chi connectivity index (χ0n) is 12.7. The summed E-state index contributed by atoms with van der Waals surface area (Å²) in [5.74, 6) is -0.525. The summed E-state index contributed by atoms with van der Waals surface area (Å²) < 4.78 is 0. The Kier molecular flexibility index (Phi) is 5.11. The van der Waals surface area contributed by atoms with E-state index in [2.05, 4.69) is 22.2 Å². The van der Waals surface area contributed by atoms with Crippen LogP contribution in [0.5, 0.6) is 0 Å². The molecule has 1 aromatic heterocycles. The predicted molar refractivity (Wildman–Crippen MR) is 87.6 cm³/mol. The number of nitrogen functional groups attached to an aromatic ring is 1. The van der Waals surface area contributed by atoms with Crippen LogP contribution in [0.4, 0.5) is 5.82 Å². The van der Waals surface area contributed by atoms with Crippen LogP contribution in [0.25, 0.3) is 5.57 Å². The number of anilines is 1. The summed E-state index contributed by atoms with van der Waals surface area (Å²) in [5, 5.41) is 10.9. The molecule has 1 aliphatic rings. The number of carbonyl (C=O) groups is 1. The van der Waals surface area contributed by atoms with Gasteiger partial charge in [-0.25, -0.2) is 4.98 Å². The third-order valence-corrected chi connectivity index (χ3v) is 3.87. The van der Waals surface area contributed by atoms with E-state index in [-0.39, 0.29) is 11.4 Å². The summed E-state index contributed by atoms with van der Waals surface area (Å²) in [6, 6.07) is 1.96. The van der Waals surface area contributed by atoms with E-state index in [1.807, 2.05) is 0 Å². The molecule has 0 radical (unpaired) electrons. The number of aromatic nitrogens is 1. The van der Waals surface area contributed by atoms with Crippen LogP contribution in [0.1, 0.15) is 28.8 Å². The number of rotatable bonds is 5. The lowest BCUT2D eigenvalue weighted by atomic mass is 10.0. The average molecular weight is 302 g/mol.